The molecule has 2 N–H and O–H groups in total. The molecular formula is C11H21N5OS. The highest BCUT2D eigenvalue weighted by molar-refractivity contribution is 7.98. The molecule has 18 heavy (non-hydrogen) atoms. The molecule has 1 aromatic rings. The van der Waals surface area contributed by atoms with Crippen molar-refractivity contribution >= 4 is 23.7 Å². The van der Waals surface area contributed by atoms with Crippen LogP contribution in [-0.2, 0) is 0 Å². The van der Waals surface area contributed by atoms with Crippen LogP contribution in [0.15, 0.2) is 0 Å². The average Bonchev–Trinajstić information content (AvgIpc) is 2.35. The second-order valence-electron chi connectivity index (χ2n) is 4.04. The summed E-state index contributed by atoms with van der Waals surface area (Å²) >= 11 is 1.78. The van der Waals surface area contributed by atoms with Crippen LogP contribution in [0.1, 0.15) is 20.3 Å². The molecule has 0 saturated heterocycles. The first-order valence-electron chi connectivity index (χ1n) is 5.94. The van der Waals surface area contributed by atoms with Gasteiger partial charge in [-0.05, 0) is 19.6 Å². The number of thioether (sulfide) groups is 1. The Balaban J connectivity index is 2.84. The Kier molecular flexibility index (Phi) is 5.97. The molecule has 0 aromatic carbocycles. The number of ether oxygens (including phenoxy) is 1. The van der Waals surface area contributed by atoms with Crippen LogP contribution < -0.4 is 15.4 Å². The third kappa shape index (κ3) is 4.21. The minimum absolute atomic E-state index is 0.189. The Hall–Kier alpha value is -1.24. The molecule has 0 aliphatic carbocycles. The predicted molar refractivity (Wildman–Crippen MR) is 76.3 cm³/mol. The number of anilines is 2. The Morgan fingerprint density at radius 3 is 2.72 bits per heavy atom. The quantitative estimate of drug-likeness (QED) is 0.803. The largest absolute Gasteiger partial charge is 0.463 e. The van der Waals surface area contributed by atoms with Gasteiger partial charge < -0.3 is 15.4 Å². The van der Waals surface area contributed by atoms with Gasteiger partial charge in [-0.25, -0.2) is 0 Å². The number of nitrogens with zero attached hydrogens (tertiary/aromatic N) is 4. The van der Waals surface area contributed by atoms with Gasteiger partial charge in [0.2, 0.25) is 11.9 Å². The van der Waals surface area contributed by atoms with Crippen molar-refractivity contribution in [3.8, 4) is 6.01 Å². The van der Waals surface area contributed by atoms with Gasteiger partial charge in [0, 0.05) is 18.8 Å². The van der Waals surface area contributed by atoms with Crippen LogP contribution in [0.4, 0.5) is 11.9 Å². The molecule has 1 heterocycles. The van der Waals surface area contributed by atoms with Gasteiger partial charge >= 0.3 is 6.01 Å². The maximum Gasteiger partial charge on any atom is 0.323 e. The van der Waals surface area contributed by atoms with Gasteiger partial charge in [-0.2, -0.15) is 26.7 Å². The van der Waals surface area contributed by atoms with Crippen LogP contribution >= 0.6 is 11.8 Å². The highest BCUT2D eigenvalue weighted by atomic mass is 32.2. The summed E-state index contributed by atoms with van der Waals surface area (Å²) in [6.07, 6.45) is 2.97. The first-order valence-corrected chi connectivity index (χ1v) is 7.34. The first-order chi connectivity index (χ1) is 8.58. The van der Waals surface area contributed by atoms with Crippen molar-refractivity contribution in [1.29, 1.82) is 0 Å². The van der Waals surface area contributed by atoms with Gasteiger partial charge in [0.05, 0.1) is 6.61 Å². The van der Waals surface area contributed by atoms with Gasteiger partial charge in [-0.3, -0.25) is 0 Å². The van der Waals surface area contributed by atoms with E-state index in [4.69, 9.17) is 10.5 Å². The summed E-state index contributed by atoms with van der Waals surface area (Å²) in [5, 5.41) is 0. The van der Waals surface area contributed by atoms with E-state index in [1.54, 1.807) is 11.8 Å². The van der Waals surface area contributed by atoms with Crippen molar-refractivity contribution in [2.45, 2.75) is 26.3 Å². The minimum atomic E-state index is 0.189. The number of nitrogen functional groups attached to an aromatic ring is 1. The molecule has 1 rings (SSSR count). The summed E-state index contributed by atoms with van der Waals surface area (Å²) in [6.45, 7) is 4.72. The lowest BCUT2D eigenvalue weighted by atomic mass is 10.3. The standard InChI is InChI=1S/C11H21N5OS/c1-5-6-17-11-14-9(12)13-10(15-11)16(3)8(2)7-18-4/h8H,5-7H2,1-4H3,(H2,12,13,14,15). The summed E-state index contributed by atoms with van der Waals surface area (Å²) in [5.74, 6) is 1.73. The predicted octanol–water partition coefficient (Wildman–Crippen LogP) is 1.43. The van der Waals surface area contributed by atoms with E-state index in [-0.39, 0.29) is 5.95 Å². The molecule has 0 amide bonds. The van der Waals surface area contributed by atoms with Crippen molar-refractivity contribution in [2.24, 2.45) is 0 Å². The number of hydrogen-bond acceptors (Lipinski definition) is 7. The Bertz CT molecular complexity index is 376. The van der Waals surface area contributed by atoms with Crippen LogP contribution in [0, 0.1) is 0 Å². The van der Waals surface area contributed by atoms with Crippen LogP contribution in [0.2, 0.25) is 0 Å². The van der Waals surface area contributed by atoms with Crippen LogP contribution in [0.25, 0.3) is 0 Å². The fraction of sp³-hybridized carbons (Fsp3) is 0.727. The topological polar surface area (TPSA) is 77.2 Å². The van der Waals surface area contributed by atoms with E-state index in [9.17, 15) is 0 Å². The number of rotatable bonds is 7. The smallest absolute Gasteiger partial charge is 0.323 e. The number of nitrogens with two attached hydrogens (primary N) is 1. The Morgan fingerprint density at radius 2 is 2.11 bits per heavy atom. The molecule has 0 aliphatic heterocycles. The van der Waals surface area contributed by atoms with Gasteiger partial charge in [0.1, 0.15) is 0 Å². The third-order valence-corrected chi connectivity index (χ3v) is 3.26. The lowest BCUT2D eigenvalue weighted by Gasteiger charge is -2.24. The Morgan fingerprint density at radius 1 is 1.39 bits per heavy atom. The van der Waals surface area contributed by atoms with E-state index in [2.05, 4.69) is 28.1 Å². The summed E-state index contributed by atoms with van der Waals surface area (Å²) in [4.78, 5) is 14.3. The van der Waals surface area contributed by atoms with E-state index in [0.717, 1.165) is 12.2 Å². The molecule has 0 fully saturated rings. The van der Waals surface area contributed by atoms with Gasteiger partial charge in [0.25, 0.3) is 0 Å². The van der Waals surface area contributed by atoms with Crippen molar-refractivity contribution in [2.75, 3.05) is 36.3 Å². The summed E-state index contributed by atoms with van der Waals surface area (Å²) in [7, 11) is 1.94. The van der Waals surface area contributed by atoms with Crippen LogP contribution in [0.5, 0.6) is 6.01 Å². The van der Waals surface area contributed by atoms with Crippen molar-refractivity contribution in [3.63, 3.8) is 0 Å². The monoisotopic (exact) mass is 271 g/mol. The van der Waals surface area contributed by atoms with Crippen LogP contribution in [-0.4, -0.2) is 46.7 Å². The highest BCUT2D eigenvalue weighted by Crippen LogP contribution is 2.15. The lowest BCUT2D eigenvalue weighted by Crippen LogP contribution is -2.32. The minimum Gasteiger partial charge on any atom is -0.463 e. The normalized spacial score (nSPS) is 12.2. The van der Waals surface area contributed by atoms with Crippen molar-refractivity contribution in [1.82, 2.24) is 15.0 Å². The molecule has 1 unspecified atom stereocenters. The SMILES string of the molecule is CCCOc1nc(N)nc(N(C)C(C)CSC)n1. The maximum atomic E-state index is 5.67. The number of aromatic nitrogens is 3. The molecule has 0 radical (unpaired) electrons. The molecular weight excluding hydrogens is 250 g/mol. The number of hydrogen-bond donors (Lipinski definition) is 1. The van der Waals surface area contributed by atoms with Gasteiger partial charge in [-0.15, -0.1) is 0 Å². The molecule has 1 aromatic heterocycles. The summed E-state index contributed by atoms with van der Waals surface area (Å²) in [6, 6.07) is 0.614. The molecule has 0 bridgehead atoms. The van der Waals surface area contributed by atoms with E-state index in [1.165, 1.54) is 0 Å². The highest BCUT2D eigenvalue weighted by Gasteiger charge is 2.14. The molecule has 0 aliphatic rings. The molecule has 0 spiro atoms. The molecule has 1 atom stereocenters. The zero-order valence-electron chi connectivity index (χ0n) is 11.4. The van der Waals surface area contributed by atoms with E-state index in [0.29, 0.717) is 24.6 Å². The third-order valence-electron chi connectivity index (χ3n) is 2.44. The average molecular weight is 271 g/mol. The van der Waals surface area contributed by atoms with Crippen LogP contribution in [0.3, 0.4) is 0 Å². The molecule has 6 nitrogen and oxygen atoms in total. The summed E-state index contributed by atoms with van der Waals surface area (Å²) in [5.41, 5.74) is 5.67. The van der Waals surface area contributed by atoms with E-state index in [1.807, 2.05) is 18.9 Å². The molecule has 7 heteroatoms. The Labute approximate surface area is 112 Å². The second-order valence-corrected chi connectivity index (χ2v) is 4.95. The fourth-order valence-electron chi connectivity index (χ4n) is 1.33. The first kappa shape index (κ1) is 14.8. The maximum absolute atomic E-state index is 5.67. The lowest BCUT2D eigenvalue weighted by molar-refractivity contribution is 0.292. The zero-order valence-corrected chi connectivity index (χ0v) is 12.2. The zero-order chi connectivity index (χ0) is 13.5. The van der Waals surface area contributed by atoms with Gasteiger partial charge in [0.15, 0.2) is 0 Å². The van der Waals surface area contributed by atoms with Crippen molar-refractivity contribution < 1.29 is 4.74 Å². The van der Waals surface area contributed by atoms with E-state index < -0.39 is 0 Å². The van der Waals surface area contributed by atoms with Gasteiger partial charge in [-0.1, -0.05) is 6.92 Å². The fourth-order valence-corrected chi connectivity index (χ4v) is 2.03. The van der Waals surface area contributed by atoms with E-state index >= 15 is 0 Å². The summed E-state index contributed by atoms with van der Waals surface area (Å²) < 4.78 is 5.39. The van der Waals surface area contributed by atoms with Crippen molar-refractivity contribution in [3.05, 3.63) is 0 Å². The molecule has 0 saturated carbocycles. The second kappa shape index (κ2) is 7.25. The molecule has 102 valence electrons.